The van der Waals surface area contributed by atoms with E-state index in [-0.39, 0.29) is 5.56 Å². The minimum absolute atomic E-state index is 0.0130. The number of methoxy groups -OCH3 is 1. The molecule has 5 heteroatoms. The molecule has 0 spiro atoms. The predicted octanol–water partition coefficient (Wildman–Crippen LogP) is 1.80. The van der Waals surface area contributed by atoms with Crippen molar-refractivity contribution in [3.63, 3.8) is 0 Å². The van der Waals surface area contributed by atoms with Crippen molar-refractivity contribution in [2.45, 2.75) is 0 Å². The molecule has 1 rings (SSSR count). The van der Waals surface area contributed by atoms with E-state index in [1.807, 2.05) is 0 Å². The van der Waals surface area contributed by atoms with Crippen molar-refractivity contribution in [2.75, 3.05) is 19.5 Å². The van der Waals surface area contributed by atoms with Gasteiger partial charge in [0, 0.05) is 18.5 Å². The Labute approximate surface area is 92.2 Å². The molecule has 82 valence electrons. The van der Waals surface area contributed by atoms with Crippen molar-refractivity contribution in [1.29, 1.82) is 0 Å². The topological polar surface area (TPSA) is 38.3 Å². The van der Waals surface area contributed by atoms with E-state index in [1.165, 1.54) is 19.2 Å². The van der Waals surface area contributed by atoms with Crippen LogP contribution in [0.5, 0.6) is 5.75 Å². The van der Waals surface area contributed by atoms with Crippen molar-refractivity contribution in [2.24, 2.45) is 0 Å². The second kappa shape index (κ2) is 5.56. The third-order valence-corrected chi connectivity index (χ3v) is 1.99. The maximum atomic E-state index is 13.3. The van der Waals surface area contributed by atoms with Gasteiger partial charge < -0.3 is 10.1 Å². The summed E-state index contributed by atoms with van der Waals surface area (Å²) in [6, 6.07) is 4.06. The summed E-state index contributed by atoms with van der Waals surface area (Å²) in [5, 5.41) is 2.48. The van der Waals surface area contributed by atoms with Crippen LogP contribution in [0.15, 0.2) is 18.2 Å². The van der Waals surface area contributed by atoms with Gasteiger partial charge in [0.25, 0.3) is 5.91 Å². The lowest BCUT2D eigenvalue weighted by Gasteiger charge is -2.05. The third kappa shape index (κ3) is 3.09. The minimum Gasteiger partial charge on any atom is -0.497 e. The van der Waals surface area contributed by atoms with Crippen molar-refractivity contribution < 1.29 is 13.9 Å². The molecule has 1 N–H and O–H groups in total. The van der Waals surface area contributed by atoms with Crippen LogP contribution >= 0.6 is 11.6 Å². The number of nitrogens with one attached hydrogen (secondary N) is 1. The Bertz CT molecular complexity index is 357. The summed E-state index contributed by atoms with van der Waals surface area (Å²) in [5.41, 5.74) is -0.0130. The molecule has 1 amide bonds. The summed E-state index contributed by atoms with van der Waals surface area (Å²) in [5.74, 6) is -0.414. The molecule has 0 unspecified atom stereocenters. The standard InChI is InChI=1S/C10H11ClFNO2/c1-15-7-2-3-8(9(12)6-7)10(14)13-5-4-11/h2-3,6H,4-5H2,1H3,(H,13,14). The van der Waals surface area contributed by atoms with Crippen LogP contribution in [-0.4, -0.2) is 25.4 Å². The van der Waals surface area contributed by atoms with E-state index in [2.05, 4.69) is 5.32 Å². The molecular formula is C10H11ClFNO2. The van der Waals surface area contributed by atoms with E-state index in [4.69, 9.17) is 16.3 Å². The highest BCUT2D eigenvalue weighted by atomic mass is 35.5. The molecule has 0 atom stereocenters. The maximum absolute atomic E-state index is 13.3. The number of hydrogen-bond donors (Lipinski definition) is 1. The van der Waals surface area contributed by atoms with Gasteiger partial charge in [0.15, 0.2) is 0 Å². The average Bonchev–Trinajstić information content (AvgIpc) is 2.25. The molecule has 1 aromatic carbocycles. The summed E-state index contributed by atoms with van der Waals surface area (Å²) in [6.07, 6.45) is 0. The molecule has 15 heavy (non-hydrogen) atoms. The second-order valence-corrected chi connectivity index (χ2v) is 3.17. The van der Waals surface area contributed by atoms with Crippen molar-refractivity contribution >= 4 is 17.5 Å². The molecule has 0 fully saturated rings. The van der Waals surface area contributed by atoms with Crippen LogP contribution in [0.4, 0.5) is 4.39 Å². The number of amides is 1. The average molecular weight is 232 g/mol. The quantitative estimate of drug-likeness (QED) is 0.803. The molecule has 0 aliphatic carbocycles. The van der Waals surface area contributed by atoms with Crippen molar-refractivity contribution in [3.8, 4) is 5.75 Å². The number of benzene rings is 1. The Kier molecular flexibility index (Phi) is 4.37. The molecule has 0 heterocycles. The van der Waals surface area contributed by atoms with Gasteiger partial charge in [0.2, 0.25) is 0 Å². The zero-order valence-electron chi connectivity index (χ0n) is 8.22. The highest BCUT2D eigenvalue weighted by Crippen LogP contribution is 2.15. The first-order valence-corrected chi connectivity index (χ1v) is 4.90. The lowest BCUT2D eigenvalue weighted by molar-refractivity contribution is 0.0952. The van der Waals surface area contributed by atoms with E-state index in [1.54, 1.807) is 0 Å². The fourth-order valence-corrected chi connectivity index (χ4v) is 1.16. The molecule has 0 aromatic heterocycles. The van der Waals surface area contributed by atoms with Crippen LogP contribution in [0.25, 0.3) is 0 Å². The smallest absolute Gasteiger partial charge is 0.254 e. The molecule has 0 radical (unpaired) electrons. The van der Waals surface area contributed by atoms with Crippen molar-refractivity contribution in [3.05, 3.63) is 29.6 Å². The maximum Gasteiger partial charge on any atom is 0.254 e. The molecule has 0 aliphatic rings. The number of alkyl halides is 1. The highest BCUT2D eigenvalue weighted by Gasteiger charge is 2.11. The van der Waals surface area contributed by atoms with E-state index >= 15 is 0 Å². The van der Waals surface area contributed by atoms with Crippen LogP contribution in [0.2, 0.25) is 0 Å². The van der Waals surface area contributed by atoms with Gasteiger partial charge in [-0.2, -0.15) is 0 Å². The van der Waals surface area contributed by atoms with E-state index < -0.39 is 11.7 Å². The van der Waals surface area contributed by atoms with Gasteiger partial charge in [-0.25, -0.2) is 4.39 Å². The molecule has 0 aliphatic heterocycles. The number of carbonyl (C=O) groups is 1. The minimum atomic E-state index is -0.610. The van der Waals surface area contributed by atoms with Crippen LogP contribution in [0, 0.1) is 5.82 Å². The molecule has 0 bridgehead atoms. The monoisotopic (exact) mass is 231 g/mol. The number of hydrogen-bond acceptors (Lipinski definition) is 2. The van der Waals surface area contributed by atoms with Crippen LogP contribution in [-0.2, 0) is 0 Å². The van der Waals surface area contributed by atoms with Crippen LogP contribution < -0.4 is 10.1 Å². The summed E-state index contributed by atoms with van der Waals surface area (Å²) in [4.78, 5) is 11.4. The lowest BCUT2D eigenvalue weighted by Crippen LogP contribution is -2.26. The molecule has 3 nitrogen and oxygen atoms in total. The predicted molar refractivity (Wildman–Crippen MR) is 56.0 cm³/mol. The summed E-state index contributed by atoms with van der Waals surface area (Å²) >= 11 is 5.39. The zero-order valence-corrected chi connectivity index (χ0v) is 8.97. The van der Waals surface area contributed by atoms with Crippen LogP contribution in [0.3, 0.4) is 0 Å². The Balaban J connectivity index is 2.81. The number of halogens is 2. The number of rotatable bonds is 4. The lowest BCUT2D eigenvalue weighted by atomic mass is 10.2. The fraction of sp³-hybridized carbons (Fsp3) is 0.300. The highest BCUT2D eigenvalue weighted by molar-refractivity contribution is 6.18. The van der Waals surface area contributed by atoms with E-state index in [9.17, 15) is 9.18 Å². The van der Waals surface area contributed by atoms with Gasteiger partial charge in [-0.3, -0.25) is 4.79 Å². The molecular weight excluding hydrogens is 221 g/mol. The Morgan fingerprint density at radius 2 is 2.33 bits per heavy atom. The van der Waals surface area contributed by atoms with Gasteiger partial charge in [-0.05, 0) is 12.1 Å². The zero-order chi connectivity index (χ0) is 11.3. The van der Waals surface area contributed by atoms with Gasteiger partial charge in [0.05, 0.1) is 12.7 Å². The summed E-state index contributed by atoms with van der Waals surface area (Å²) in [7, 11) is 1.43. The van der Waals surface area contributed by atoms with E-state index in [0.29, 0.717) is 18.2 Å². The first-order chi connectivity index (χ1) is 7.19. The number of carbonyl (C=O) groups excluding carboxylic acids is 1. The molecule has 0 saturated heterocycles. The Morgan fingerprint density at radius 3 is 2.87 bits per heavy atom. The Hall–Kier alpha value is -1.29. The summed E-state index contributed by atoms with van der Waals surface area (Å²) < 4.78 is 18.2. The van der Waals surface area contributed by atoms with Crippen molar-refractivity contribution in [1.82, 2.24) is 5.32 Å². The second-order valence-electron chi connectivity index (χ2n) is 2.79. The van der Waals surface area contributed by atoms with Gasteiger partial charge >= 0.3 is 0 Å². The van der Waals surface area contributed by atoms with Crippen LogP contribution in [0.1, 0.15) is 10.4 Å². The summed E-state index contributed by atoms with van der Waals surface area (Å²) in [6.45, 7) is 0.311. The third-order valence-electron chi connectivity index (χ3n) is 1.80. The van der Waals surface area contributed by atoms with Gasteiger partial charge in [-0.15, -0.1) is 11.6 Å². The SMILES string of the molecule is COc1ccc(C(=O)NCCCl)c(F)c1. The first kappa shape index (κ1) is 11.8. The van der Waals surface area contributed by atoms with E-state index in [0.717, 1.165) is 6.07 Å². The fourth-order valence-electron chi connectivity index (χ4n) is 1.06. The Morgan fingerprint density at radius 1 is 1.60 bits per heavy atom. The number of ether oxygens (including phenoxy) is 1. The first-order valence-electron chi connectivity index (χ1n) is 4.36. The largest absolute Gasteiger partial charge is 0.497 e. The molecule has 1 aromatic rings. The molecule has 0 saturated carbocycles. The van der Waals surface area contributed by atoms with Gasteiger partial charge in [-0.1, -0.05) is 0 Å². The normalized spacial score (nSPS) is 9.80. The van der Waals surface area contributed by atoms with Gasteiger partial charge in [0.1, 0.15) is 11.6 Å².